The van der Waals surface area contributed by atoms with Crippen LogP contribution in [0, 0.1) is 6.92 Å². The molecule has 4 rings (SSSR count). The predicted molar refractivity (Wildman–Crippen MR) is 133 cm³/mol. The Balaban J connectivity index is 1.35. The molecule has 1 aliphatic heterocycles. The van der Waals surface area contributed by atoms with Crippen LogP contribution in [-0.2, 0) is 16.1 Å². The number of ether oxygens (including phenoxy) is 2. The van der Waals surface area contributed by atoms with Crippen LogP contribution in [0.15, 0.2) is 60.7 Å². The molecule has 1 heterocycles. The molecule has 1 aliphatic rings. The molecule has 0 aliphatic carbocycles. The summed E-state index contributed by atoms with van der Waals surface area (Å²) in [6.07, 6.45) is 3.29. The van der Waals surface area contributed by atoms with E-state index in [-0.39, 0.29) is 18.4 Å². The number of amides is 1. The van der Waals surface area contributed by atoms with Crippen molar-refractivity contribution in [2.75, 3.05) is 26.7 Å². The zero-order valence-electron chi connectivity index (χ0n) is 19.9. The molecule has 0 aromatic heterocycles. The van der Waals surface area contributed by atoms with E-state index in [0.717, 1.165) is 31.5 Å². The second-order valence-electron chi connectivity index (χ2n) is 8.75. The molecule has 3 aromatic carbocycles. The molecule has 6 nitrogen and oxygen atoms in total. The Labute approximate surface area is 200 Å². The minimum Gasteiger partial charge on any atom is -0.489 e. The number of hydrogen-bond acceptors (Lipinski definition) is 5. The normalized spacial score (nSPS) is 15.0. The first-order valence-electron chi connectivity index (χ1n) is 11.9. The van der Waals surface area contributed by atoms with E-state index in [1.54, 1.807) is 24.3 Å². The van der Waals surface area contributed by atoms with Crippen LogP contribution in [0.4, 0.5) is 0 Å². The molecule has 6 heteroatoms. The summed E-state index contributed by atoms with van der Waals surface area (Å²) in [7, 11) is 1.39. The van der Waals surface area contributed by atoms with Crippen molar-refractivity contribution in [1.82, 2.24) is 10.2 Å². The minimum atomic E-state index is -0.457. The van der Waals surface area contributed by atoms with E-state index in [1.807, 2.05) is 12.1 Å². The van der Waals surface area contributed by atoms with Gasteiger partial charge in [0, 0.05) is 12.1 Å². The largest absolute Gasteiger partial charge is 0.489 e. The molecular weight excluding hydrogens is 428 g/mol. The van der Waals surface area contributed by atoms with Gasteiger partial charge < -0.3 is 14.8 Å². The van der Waals surface area contributed by atoms with Crippen molar-refractivity contribution in [3.8, 4) is 5.75 Å². The summed E-state index contributed by atoms with van der Waals surface area (Å²) < 4.78 is 11.0. The summed E-state index contributed by atoms with van der Waals surface area (Å²) >= 11 is 0. The van der Waals surface area contributed by atoms with Gasteiger partial charge in [-0.25, -0.2) is 0 Å². The van der Waals surface area contributed by atoms with Crippen molar-refractivity contribution in [3.05, 3.63) is 77.4 Å². The lowest BCUT2D eigenvalue weighted by molar-refractivity contribution is -0.147. The second kappa shape index (κ2) is 11.2. The first-order chi connectivity index (χ1) is 16.6. The fourth-order valence-corrected chi connectivity index (χ4v) is 4.52. The number of carbonyl (C=O) groups excluding carboxylic acids is 2. The maximum atomic E-state index is 12.7. The van der Waals surface area contributed by atoms with E-state index >= 15 is 0 Å². The van der Waals surface area contributed by atoms with Gasteiger partial charge in [-0.3, -0.25) is 14.5 Å². The van der Waals surface area contributed by atoms with Crippen LogP contribution in [0.2, 0.25) is 0 Å². The summed E-state index contributed by atoms with van der Waals surface area (Å²) in [5, 5.41) is 5.31. The SMILES string of the molecule is COC(=O)C(CNC(=O)c1ccc(OCc2ccc(C)c3ccccc23)cc1)N1CCCCC1. The quantitative estimate of drug-likeness (QED) is 0.502. The maximum Gasteiger partial charge on any atom is 0.324 e. The van der Waals surface area contributed by atoms with E-state index in [2.05, 4.69) is 41.4 Å². The molecule has 1 atom stereocenters. The number of nitrogens with zero attached hydrogens (tertiary/aromatic N) is 1. The molecule has 0 radical (unpaired) electrons. The molecule has 1 N–H and O–H groups in total. The Kier molecular flexibility index (Phi) is 7.80. The van der Waals surface area contributed by atoms with Crippen molar-refractivity contribution in [2.45, 2.75) is 38.8 Å². The third kappa shape index (κ3) is 5.57. The number of piperidine rings is 1. The third-order valence-electron chi connectivity index (χ3n) is 6.50. The lowest BCUT2D eigenvalue weighted by Gasteiger charge is -2.32. The zero-order valence-corrected chi connectivity index (χ0v) is 19.9. The molecule has 1 fully saturated rings. The summed E-state index contributed by atoms with van der Waals surface area (Å²) in [5.74, 6) is 0.165. The first kappa shape index (κ1) is 23.8. The van der Waals surface area contributed by atoms with Gasteiger partial charge in [0.15, 0.2) is 0 Å². The number of likely N-dealkylation sites (tertiary alicyclic amines) is 1. The summed E-state index contributed by atoms with van der Waals surface area (Å²) in [5.41, 5.74) is 2.88. The standard InChI is InChI=1S/C28H32N2O4/c1-20-10-11-22(25-9-5-4-8-24(20)25)19-34-23-14-12-21(13-15-23)27(31)29-18-26(28(32)33-2)30-16-6-3-7-17-30/h4-5,8-15,26H,3,6-7,16-19H2,1-2H3,(H,29,31). The van der Waals surface area contributed by atoms with E-state index in [1.165, 1.54) is 29.9 Å². The van der Waals surface area contributed by atoms with Crippen LogP contribution >= 0.6 is 0 Å². The van der Waals surface area contributed by atoms with Crippen LogP contribution in [0.5, 0.6) is 5.75 Å². The van der Waals surface area contributed by atoms with Crippen molar-refractivity contribution in [2.24, 2.45) is 0 Å². The number of hydrogen-bond donors (Lipinski definition) is 1. The molecule has 34 heavy (non-hydrogen) atoms. The van der Waals surface area contributed by atoms with Crippen LogP contribution < -0.4 is 10.1 Å². The number of nitrogens with one attached hydrogen (secondary N) is 1. The van der Waals surface area contributed by atoms with Gasteiger partial charge in [0.1, 0.15) is 18.4 Å². The van der Waals surface area contributed by atoms with Gasteiger partial charge in [-0.05, 0) is 79.0 Å². The Morgan fingerprint density at radius 3 is 2.35 bits per heavy atom. The molecule has 178 valence electrons. The van der Waals surface area contributed by atoms with Gasteiger partial charge in [-0.15, -0.1) is 0 Å². The van der Waals surface area contributed by atoms with Gasteiger partial charge in [-0.2, -0.15) is 0 Å². The highest BCUT2D eigenvalue weighted by Gasteiger charge is 2.28. The van der Waals surface area contributed by atoms with Gasteiger partial charge in [0.05, 0.1) is 7.11 Å². The van der Waals surface area contributed by atoms with Crippen LogP contribution in [-0.4, -0.2) is 49.6 Å². The Morgan fingerprint density at radius 2 is 1.65 bits per heavy atom. The lowest BCUT2D eigenvalue weighted by atomic mass is 10.0. The highest BCUT2D eigenvalue weighted by atomic mass is 16.5. The van der Waals surface area contributed by atoms with E-state index in [9.17, 15) is 9.59 Å². The lowest BCUT2D eigenvalue weighted by Crippen LogP contribution is -2.50. The number of aryl methyl sites for hydroxylation is 1. The van der Waals surface area contributed by atoms with Crippen LogP contribution in [0.3, 0.4) is 0 Å². The van der Waals surface area contributed by atoms with E-state index < -0.39 is 6.04 Å². The zero-order chi connectivity index (χ0) is 23.9. The van der Waals surface area contributed by atoms with Gasteiger partial charge in [-0.1, -0.05) is 42.8 Å². The topological polar surface area (TPSA) is 67.9 Å². The molecule has 3 aromatic rings. The highest BCUT2D eigenvalue weighted by Crippen LogP contribution is 2.24. The third-order valence-corrected chi connectivity index (χ3v) is 6.50. The summed E-state index contributed by atoms with van der Waals surface area (Å²) in [6.45, 7) is 4.47. The molecular formula is C28H32N2O4. The first-order valence-corrected chi connectivity index (χ1v) is 11.9. The van der Waals surface area contributed by atoms with Crippen molar-refractivity contribution < 1.29 is 19.1 Å². The van der Waals surface area contributed by atoms with Crippen molar-refractivity contribution >= 4 is 22.6 Å². The van der Waals surface area contributed by atoms with Crippen molar-refractivity contribution in [3.63, 3.8) is 0 Å². The number of benzene rings is 3. The molecule has 1 amide bonds. The molecule has 0 saturated carbocycles. The molecule has 0 spiro atoms. The number of methoxy groups -OCH3 is 1. The molecule has 1 saturated heterocycles. The average Bonchev–Trinajstić information content (AvgIpc) is 2.89. The summed E-state index contributed by atoms with van der Waals surface area (Å²) in [6, 6.07) is 19.1. The minimum absolute atomic E-state index is 0.220. The molecule has 0 bridgehead atoms. The Hall–Kier alpha value is -3.38. The van der Waals surface area contributed by atoms with Gasteiger partial charge in [0.2, 0.25) is 0 Å². The fourth-order valence-electron chi connectivity index (χ4n) is 4.52. The van der Waals surface area contributed by atoms with E-state index in [0.29, 0.717) is 17.9 Å². The van der Waals surface area contributed by atoms with Crippen molar-refractivity contribution in [1.29, 1.82) is 0 Å². The smallest absolute Gasteiger partial charge is 0.324 e. The number of carbonyl (C=O) groups is 2. The number of rotatable bonds is 8. The monoisotopic (exact) mass is 460 g/mol. The Bertz CT molecular complexity index is 1140. The average molecular weight is 461 g/mol. The van der Waals surface area contributed by atoms with Gasteiger partial charge in [0.25, 0.3) is 5.91 Å². The van der Waals surface area contributed by atoms with Crippen LogP contribution in [0.1, 0.15) is 40.7 Å². The van der Waals surface area contributed by atoms with Crippen LogP contribution in [0.25, 0.3) is 10.8 Å². The maximum absolute atomic E-state index is 12.7. The number of fused-ring (bicyclic) bond motifs is 1. The van der Waals surface area contributed by atoms with E-state index in [4.69, 9.17) is 9.47 Å². The summed E-state index contributed by atoms with van der Waals surface area (Å²) in [4.78, 5) is 27.1. The fraction of sp³-hybridized carbons (Fsp3) is 0.357. The van der Waals surface area contributed by atoms with Gasteiger partial charge >= 0.3 is 5.97 Å². The highest BCUT2D eigenvalue weighted by molar-refractivity contribution is 5.94. The molecule has 1 unspecified atom stereocenters. The number of esters is 1. The second-order valence-corrected chi connectivity index (χ2v) is 8.75. The predicted octanol–water partition coefficient (Wildman–Crippen LogP) is 4.48. The Morgan fingerprint density at radius 1 is 0.941 bits per heavy atom.